The predicted octanol–water partition coefficient (Wildman–Crippen LogP) is -0.889. The maximum absolute atomic E-state index is 11.1. The number of carbonyl (C=O) groups excluding carboxylic acids is 1. The average Bonchev–Trinajstić information content (AvgIpc) is 2.00. The van der Waals surface area contributed by atoms with Gasteiger partial charge < -0.3 is 10.6 Å². The van der Waals surface area contributed by atoms with Gasteiger partial charge in [0.1, 0.15) is 0 Å². The predicted molar refractivity (Wildman–Crippen MR) is 43.9 cm³/mol. The van der Waals surface area contributed by atoms with Gasteiger partial charge in [0.15, 0.2) is 0 Å². The number of urea groups is 1. The lowest BCUT2D eigenvalue weighted by Gasteiger charge is -2.19. The summed E-state index contributed by atoms with van der Waals surface area (Å²) in [4.78, 5) is 12.7. The van der Waals surface area contributed by atoms with Crippen LogP contribution in [-0.4, -0.2) is 37.6 Å². The summed E-state index contributed by atoms with van der Waals surface area (Å²) in [6, 6.07) is -0.138. The Kier molecular flexibility index (Phi) is 5.50. The van der Waals surface area contributed by atoms with Crippen molar-refractivity contribution in [3.8, 4) is 0 Å². The van der Waals surface area contributed by atoms with Crippen molar-refractivity contribution in [3.63, 3.8) is 0 Å². The molecule has 0 aliphatic heterocycles. The van der Waals surface area contributed by atoms with Gasteiger partial charge in [-0.15, -0.1) is 0 Å². The lowest BCUT2D eigenvalue weighted by atomic mass is 10.5. The van der Waals surface area contributed by atoms with E-state index in [1.54, 1.807) is 11.9 Å². The summed E-state index contributed by atoms with van der Waals surface area (Å²) >= 11 is 0. The molecule has 0 aromatic carbocycles. The number of nitrogens with two attached hydrogens (primary N) is 1. The van der Waals surface area contributed by atoms with Gasteiger partial charge in [-0.05, 0) is 6.92 Å². The minimum atomic E-state index is -0.138. The highest BCUT2D eigenvalue weighted by molar-refractivity contribution is 5.73. The zero-order valence-electron chi connectivity index (χ0n) is 7.05. The van der Waals surface area contributed by atoms with Crippen molar-refractivity contribution in [3.05, 3.63) is 0 Å². The number of likely N-dealkylation sites (N-methyl/N-ethyl adjacent to an activating group) is 1. The Hall–Kier alpha value is -0.810. The smallest absolute Gasteiger partial charge is 0.329 e. The van der Waals surface area contributed by atoms with E-state index in [0.29, 0.717) is 19.6 Å². The highest BCUT2D eigenvalue weighted by Gasteiger charge is 2.07. The van der Waals surface area contributed by atoms with Crippen LogP contribution < -0.4 is 16.6 Å². The van der Waals surface area contributed by atoms with Crippen molar-refractivity contribution in [2.75, 3.05) is 26.7 Å². The second-order valence-electron chi connectivity index (χ2n) is 2.05. The van der Waals surface area contributed by atoms with Gasteiger partial charge in [0.05, 0.1) is 0 Å². The van der Waals surface area contributed by atoms with Crippen LogP contribution >= 0.6 is 0 Å². The van der Waals surface area contributed by atoms with Gasteiger partial charge in [0, 0.05) is 26.7 Å². The highest BCUT2D eigenvalue weighted by atomic mass is 16.2. The summed E-state index contributed by atoms with van der Waals surface area (Å²) in [5.74, 6) is 0. The summed E-state index contributed by atoms with van der Waals surface area (Å²) in [6.07, 6.45) is 0. The fourth-order valence-corrected chi connectivity index (χ4v) is 0.745. The van der Waals surface area contributed by atoms with E-state index in [4.69, 9.17) is 5.73 Å². The van der Waals surface area contributed by atoms with E-state index < -0.39 is 0 Å². The number of nitrogens with one attached hydrogen (secondary N) is 2. The van der Waals surface area contributed by atoms with E-state index in [0.717, 1.165) is 0 Å². The summed E-state index contributed by atoms with van der Waals surface area (Å²) in [7, 11) is 1.65. The number of hydrogen-bond acceptors (Lipinski definition) is 3. The molecule has 2 amide bonds. The molecule has 0 unspecified atom stereocenters. The first kappa shape index (κ1) is 10.2. The number of amides is 2. The molecule has 5 heteroatoms. The summed E-state index contributed by atoms with van der Waals surface area (Å²) in [5.41, 5.74) is 10.3. The molecule has 0 heterocycles. The van der Waals surface area contributed by atoms with Gasteiger partial charge in [0.2, 0.25) is 0 Å². The number of rotatable bonds is 4. The Bertz CT molecular complexity index is 117. The number of carbonyl (C=O) groups is 1. The van der Waals surface area contributed by atoms with Crippen molar-refractivity contribution in [1.29, 1.82) is 0 Å². The molecular weight excluding hydrogens is 144 g/mol. The molecule has 0 fully saturated rings. The normalized spacial score (nSPS) is 9.36. The first-order valence-electron chi connectivity index (χ1n) is 3.68. The lowest BCUT2D eigenvalue weighted by Crippen LogP contribution is -2.46. The minimum absolute atomic E-state index is 0.138. The van der Waals surface area contributed by atoms with Crippen LogP contribution in [0.1, 0.15) is 6.92 Å². The molecule has 0 aliphatic rings. The Labute approximate surface area is 66.9 Å². The second-order valence-corrected chi connectivity index (χ2v) is 2.05. The third kappa shape index (κ3) is 3.79. The van der Waals surface area contributed by atoms with Gasteiger partial charge in [-0.25, -0.2) is 10.2 Å². The highest BCUT2D eigenvalue weighted by Crippen LogP contribution is 1.85. The standard InChI is InChI=1S/C6H16N4O/c1-3-10(5-4-7)6(11)9-8-2/h8H,3-5,7H2,1-2H3,(H,9,11). The first-order valence-corrected chi connectivity index (χ1v) is 3.68. The molecule has 0 saturated heterocycles. The van der Waals surface area contributed by atoms with Crippen LogP contribution in [-0.2, 0) is 0 Å². The third-order valence-corrected chi connectivity index (χ3v) is 1.30. The van der Waals surface area contributed by atoms with Crippen LogP contribution in [0.4, 0.5) is 4.79 Å². The van der Waals surface area contributed by atoms with Gasteiger partial charge in [-0.3, -0.25) is 5.43 Å². The summed E-state index contributed by atoms with van der Waals surface area (Å²) < 4.78 is 0. The fraction of sp³-hybridized carbons (Fsp3) is 0.833. The van der Waals surface area contributed by atoms with E-state index in [1.165, 1.54) is 0 Å². The quantitative estimate of drug-likeness (QED) is 0.467. The Morgan fingerprint density at radius 1 is 1.64 bits per heavy atom. The summed E-state index contributed by atoms with van der Waals surface area (Å²) in [6.45, 7) is 3.66. The van der Waals surface area contributed by atoms with Crippen molar-refractivity contribution >= 4 is 6.03 Å². The topological polar surface area (TPSA) is 70.4 Å². The maximum atomic E-state index is 11.1. The van der Waals surface area contributed by atoms with Crippen LogP contribution in [0.15, 0.2) is 0 Å². The molecule has 0 atom stereocenters. The second kappa shape index (κ2) is 5.94. The molecule has 0 aromatic rings. The van der Waals surface area contributed by atoms with E-state index in [1.807, 2.05) is 6.92 Å². The van der Waals surface area contributed by atoms with Gasteiger partial charge in [-0.1, -0.05) is 0 Å². The number of hydrogen-bond donors (Lipinski definition) is 3. The van der Waals surface area contributed by atoms with Crippen molar-refractivity contribution in [2.45, 2.75) is 6.92 Å². The molecule has 0 saturated carbocycles. The molecule has 0 bridgehead atoms. The molecule has 0 aliphatic carbocycles. The average molecular weight is 160 g/mol. The third-order valence-electron chi connectivity index (χ3n) is 1.30. The lowest BCUT2D eigenvalue weighted by molar-refractivity contribution is 0.198. The molecule has 0 radical (unpaired) electrons. The Balaban J connectivity index is 3.71. The molecule has 5 nitrogen and oxygen atoms in total. The zero-order chi connectivity index (χ0) is 8.69. The van der Waals surface area contributed by atoms with Crippen molar-refractivity contribution < 1.29 is 4.79 Å². The molecule has 0 rings (SSSR count). The Morgan fingerprint density at radius 2 is 2.27 bits per heavy atom. The molecule has 11 heavy (non-hydrogen) atoms. The van der Waals surface area contributed by atoms with Gasteiger partial charge in [0.25, 0.3) is 0 Å². The molecular formula is C6H16N4O. The van der Waals surface area contributed by atoms with Gasteiger partial charge >= 0.3 is 6.03 Å². The van der Waals surface area contributed by atoms with E-state index in [9.17, 15) is 4.79 Å². The SMILES string of the molecule is CCN(CCN)C(=O)NNC. The molecule has 4 N–H and O–H groups in total. The first-order chi connectivity index (χ1) is 5.26. The van der Waals surface area contributed by atoms with E-state index >= 15 is 0 Å². The Morgan fingerprint density at radius 3 is 2.64 bits per heavy atom. The minimum Gasteiger partial charge on any atom is -0.329 e. The maximum Gasteiger partial charge on any atom is 0.331 e. The zero-order valence-corrected chi connectivity index (χ0v) is 7.05. The van der Waals surface area contributed by atoms with E-state index in [-0.39, 0.29) is 6.03 Å². The van der Waals surface area contributed by atoms with Crippen LogP contribution in [0.3, 0.4) is 0 Å². The molecule has 0 spiro atoms. The largest absolute Gasteiger partial charge is 0.331 e. The van der Waals surface area contributed by atoms with Crippen molar-refractivity contribution in [1.82, 2.24) is 15.8 Å². The number of hydrazine groups is 1. The number of nitrogens with zero attached hydrogens (tertiary/aromatic N) is 1. The van der Waals surface area contributed by atoms with E-state index in [2.05, 4.69) is 10.9 Å². The monoisotopic (exact) mass is 160 g/mol. The van der Waals surface area contributed by atoms with Crippen LogP contribution in [0.5, 0.6) is 0 Å². The van der Waals surface area contributed by atoms with Crippen LogP contribution in [0.25, 0.3) is 0 Å². The van der Waals surface area contributed by atoms with Crippen LogP contribution in [0.2, 0.25) is 0 Å². The molecule has 0 aromatic heterocycles. The fourth-order valence-electron chi connectivity index (χ4n) is 0.745. The van der Waals surface area contributed by atoms with Gasteiger partial charge in [-0.2, -0.15) is 0 Å². The summed E-state index contributed by atoms with van der Waals surface area (Å²) in [5, 5.41) is 0. The van der Waals surface area contributed by atoms with Crippen molar-refractivity contribution in [2.24, 2.45) is 5.73 Å². The van der Waals surface area contributed by atoms with Crippen LogP contribution in [0, 0.1) is 0 Å². The molecule has 66 valence electrons.